The molecule has 0 aliphatic rings. The number of nitrogens with zero attached hydrogens (tertiary/aromatic N) is 3. The molecule has 1 aromatic carbocycles. The molecule has 92 valence electrons. The van der Waals surface area contributed by atoms with E-state index >= 15 is 0 Å². The summed E-state index contributed by atoms with van der Waals surface area (Å²) < 4.78 is 1.76. The predicted octanol–water partition coefficient (Wildman–Crippen LogP) is 1.64. The van der Waals surface area contributed by atoms with E-state index in [-0.39, 0.29) is 5.56 Å². The normalized spacial score (nSPS) is 10.5. The van der Waals surface area contributed by atoms with Gasteiger partial charge in [0.15, 0.2) is 0 Å². The van der Waals surface area contributed by atoms with Crippen LogP contribution in [-0.4, -0.2) is 14.5 Å². The van der Waals surface area contributed by atoms with Crippen LogP contribution in [-0.2, 0) is 6.54 Å². The molecule has 2 aromatic heterocycles. The Labute approximate surface area is 108 Å². The van der Waals surface area contributed by atoms with E-state index in [1.54, 1.807) is 10.8 Å². The molecule has 5 nitrogen and oxygen atoms in total. The highest BCUT2D eigenvalue weighted by molar-refractivity contribution is 5.81. The molecular weight excluding hydrogens is 240 g/mol. The van der Waals surface area contributed by atoms with Crippen molar-refractivity contribution >= 4 is 11.0 Å². The van der Waals surface area contributed by atoms with Crippen LogP contribution in [0.15, 0.2) is 47.7 Å². The Balaban J connectivity index is 2.20. The van der Waals surface area contributed by atoms with Crippen molar-refractivity contribution in [1.82, 2.24) is 14.5 Å². The molecule has 0 radical (unpaired) electrons. The van der Waals surface area contributed by atoms with Gasteiger partial charge in [-0.1, -0.05) is 30.3 Å². The number of nitrogens with one attached hydrogen (secondary N) is 1. The van der Waals surface area contributed by atoms with Crippen molar-refractivity contribution in [3.05, 3.63) is 64.3 Å². The number of aromatic nitrogens is 3. The SMILES string of the molecule is N#Cc1cn(Cc2ccccc2)c2c(=O)[nH]cnc12. The van der Waals surface area contributed by atoms with Crippen LogP contribution in [0.3, 0.4) is 0 Å². The standard InChI is InChI=1S/C14H10N4O/c15-6-11-8-18(7-10-4-2-1-3-5-10)13-12(11)16-9-17-14(13)19/h1-5,8-9H,7H2,(H,16,17,19). The van der Waals surface area contributed by atoms with Crippen LogP contribution < -0.4 is 5.56 Å². The number of fused-ring (bicyclic) bond motifs is 1. The number of H-pyrrole nitrogens is 1. The van der Waals surface area contributed by atoms with Crippen molar-refractivity contribution in [2.75, 3.05) is 0 Å². The van der Waals surface area contributed by atoms with Crippen molar-refractivity contribution in [3.63, 3.8) is 0 Å². The third-order valence-electron chi connectivity index (χ3n) is 2.97. The molecule has 1 N–H and O–H groups in total. The van der Waals surface area contributed by atoms with Gasteiger partial charge in [0.25, 0.3) is 5.56 Å². The van der Waals surface area contributed by atoms with Crippen molar-refractivity contribution in [1.29, 1.82) is 5.26 Å². The van der Waals surface area contributed by atoms with E-state index in [0.717, 1.165) is 5.56 Å². The summed E-state index contributed by atoms with van der Waals surface area (Å²) in [6.45, 7) is 0.536. The third kappa shape index (κ3) is 1.89. The van der Waals surface area contributed by atoms with Crippen LogP contribution in [0.1, 0.15) is 11.1 Å². The quantitative estimate of drug-likeness (QED) is 0.751. The summed E-state index contributed by atoms with van der Waals surface area (Å²) in [5.74, 6) is 0. The Morgan fingerprint density at radius 2 is 2.11 bits per heavy atom. The molecule has 0 saturated carbocycles. The molecule has 5 heteroatoms. The fourth-order valence-electron chi connectivity index (χ4n) is 2.12. The van der Waals surface area contributed by atoms with Crippen LogP contribution in [0.2, 0.25) is 0 Å². The first kappa shape index (κ1) is 11.2. The Kier molecular flexibility index (Phi) is 2.62. The predicted molar refractivity (Wildman–Crippen MR) is 70.6 cm³/mol. The molecule has 0 aliphatic heterocycles. The van der Waals surface area contributed by atoms with Gasteiger partial charge in [-0.25, -0.2) is 4.98 Å². The minimum Gasteiger partial charge on any atom is -0.336 e. The van der Waals surface area contributed by atoms with Crippen LogP contribution >= 0.6 is 0 Å². The second kappa shape index (κ2) is 4.42. The number of rotatable bonds is 2. The lowest BCUT2D eigenvalue weighted by Crippen LogP contribution is -2.11. The zero-order valence-electron chi connectivity index (χ0n) is 10.00. The average molecular weight is 250 g/mol. The summed E-state index contributed by atoms with van der Waals surface area (Å²) in [6.07, 6.45) is 2.98. The smallest absolute Gasteiger partial charge is 0.275 e. The molecule has 3 aromatic rings. The molecule has 3 rings (SSSR count). The molecule has 0 amide bonds. The summed E-state index contributed by atoms with van der Waals surface area (Å²) in [7, 11) is 0. The first-order chi connectivity index (χ1) is 9.29. The first-order valence-corrected chi connectivity index (χ1v) is 5.80. The highest BCUT2D eigenvalue weighted by Gasteiger charge is 2.12. The molecule has 0 bridgehead atoms. The molecule has 2 heterocycles. The number of benzene rings is 1. The van der Waals surface area contributed by atoms with Crippen LogP contribution in [0.5, 0.6) is 0 Å². The molecule has 0 spiro atoms. The Morgan fingerprint density at radius 3 is 2.84 bits per heavy atom. The Hall–Kier alpha value is -2.87. The van der Waals surface area contributed by atoms with Crippen molar-refractivity contribution in [2.24, 2.45) is 0 Å². The van der Waals surface area contributed by atoms with Crippen LogP contribution in [0.25, 0.3) is 11.0 Å². The van der Waals surface area contributed by atoms with Crippen molar-refractivity contribution in [2.45, 2.75) is 6.54 Å². The van der Waals surface area contributed by atoms with Gasteiger partial charge in [0.2, 0.25) is 0 Å². The number of hydrogen-bond donors (Lipinski definition) is 1. The number of nitriles is 1. The van der Waals surface area contributed by atoms with Gasteiger partial charge < -0.3 is 9.55 Å². The lowest BCUT2D eigenvalue weighted by Gasteiger charge is -2.03. The minimum atomic E-state index is -0.234. The van der Waals surface area contributed by atoms with Crippen LogP contribution in [0, 0.1) is 11.3 Å². The molecule has 0 unspecified atom stereocenters. The van der Waals surface area contributed by atoms with E-state index in [9.17, 15) is 4.79 Å². The first-order valence-electron chi connectivity index (χ1n) is 5.80. The minimum absolute atomic E-state index is 0.234. The zero-order chi connectivity index (χ0) is 13.2. The van der Waals surface area contributed by atoms with E-state index in [4.69, 9.17) is 5.26 Å². The maximum atomic E-state index is 11.9. The Morgan fingerprint density at radius 1 is 1.32 bits per heavy atom. The fourth-order valence-corrected chi connectivity index (χ4v) is 2.12. The van der Waals surface area contributed by atoms with Gasteiger partial charge in [-0.05, 0) is 5.56 Å². The van der Waals surface area contributed by atoms with Crippen LogP contribution in [0.4, 0.5) is 0 Å². The summed E-state index contributed by atoms with van der Waals surface area (Å²) >= 11 is 0. The summed E-state index contributed by atoms with van der Waals surface area (Å²) in [6, 6.07) is 11.8. The molecule has 0 aliphatic carbocycles. The second-order valence-corrected chi connectivity index (χ2v) is 4.20. The highest BCUT2D eigenvalue weighted by atomic mass is 16.1. The molecule has 0 saturated heterocycles. The zero-order valence-corrected chi connectivity index (χ0v) is 10.00. The van der Waals surface area contributed by atoms with Gasteiger partial charge >= 0.3 is 0 Å². The third-order valence-corrected chi connectivity index (χ3v) is 2.97. The monoisotopic (exact) mass is 250 g/mol. The maximum Gasteiger partial charge on any atom is 0.275 e. The highest BCUT2D eigenvalue weighted by Crippen LogP contribution is 2.16. The summed E-state index contributed by atoms with van der Waals surface area (Å²) in [4.78, 5) is 18.5. The lowest BCUT2D eigenvalue weighted by molar-refractivity contribution is 0.829. The van der Waals surface area contributed by atoms with Crippen molar-refractivity contribution < 1.29 is 0 Å². The molecule has 19 heavy (non-hydrogen) atoms. The second-order valence-electron chi connectivity index (χ2n) is 4.20. The van der Waals surface area contributed by atoms with E-state index < -0.39 is 0 Å². The Bertz CT molecular complexity index is 824. The maximum absolute atomic E-state index is 11.9. The summed E-state index contributed by atoms with van der Waals surface area (Å²) in [5, 5.41) is 9.09. The summed E-state index contributed by atoms with van der Waals surface area (Å²) in [5.41, 5.74) is 2.12. The number of aromatic amines is 1. The molecule has 0 atom stereocenters. The van der Waals surface area contributed by atoms with E-state index in [1.165, 1.54) is 6.33 Å². The van der Waals surface area contributed by atoms with E-state index in [0.29, 0.717) is 23.1 Å². The largest absolute Gasteiger partial charge is 0.336 e. The molecular formula is C14H10N4O. The van der Waals surface area contributed by atoms with Gasteiger partial charge in [0.1, 0.15) is 17.1 Å². The average Bonchev–Trinajstić information content (AvgIpc) is 2.79. The van der Waals surface area contributed by atoms with Crippen molar-refractivity contribution in [3.8, 4) is 6.07 Å². The van der Waals surface area contributed by atoms with Gasteiger partial charge in [0, 0.05) is 12.7 Å². The number of hydrogen-bond acceptors (Lipinski definition) is 3. The van der Waals surface area contributed by atoms with Gasteiger partial charge in [-0.3, -0.25) is 4.79 Å². The fraction of sp³-hybridized carbons (Fsp3) is 0.0714. The topological polar surface area (TPSA) is 74.5 Å². The van der Waals surface area contributed by atoms with Gasteiger partial charge in [-0.2, -0.15) is 5.26 Å². The van der Waals surface area contributed by atoms with E-state index in [2.05, 4.69) is 16.0 Å². The van der Waals surface area contributed by atoms with E-state index in [1.807, 2.05) is 30.3 Å². The van der Waals surface area contributed by atoms with Gasteiger partial charge in [0.05, 0.1) is 11.9 Å². The van der Waals surface area contributed by atoms with Gasteiger partial charge in [-0.15, -0.1) is 0 Å². The molecule has 0 fully saturated rings. The lowest BCUT2D eigenvalue weighted by atomic mass is 10.2.